The van der Waals surface area contributed by atoms with Crippen LogP contribution in [0.2, 0.25) is 0 Å². The lowest BCUT2D eigenvalue weighted by molar-refractivity contribution is -0.385. The second-order valence-electron chi connectivity index (χ2n) is 6.10. The van der Waals surface area contributed by atoms with Crippen molar-refractivity contribution >= 4 is 27.6 Å². The van der Waals surface area contributed by atoms with Crippen LogP contribution in [0.4, 0.5) is 11.4 Å². The molecule has 0 radical (unpaired) electrons. The van der Waals surface area contributed by atoms with Crippen LogP contribution in [0.15, 0.2) is 52.5 Å². The highest BCUT2D eigenvalue weighted by molar-refractivity contribution is 7.89. The molecule has 1 heterocycles. The van der Waals surface area contributed by atoms with E-state index in [-0.39, 0.29) is 42.6 Å². The molecule has 0 atom stereocenters. The molecule has 0 amide bonds. The zero-order valence-corrected chi connectivity index (χ0v) is 16.5. The third kappa shape index (κ3) is 4.88. The number of hydrogen-bond acceptors (Lipinski definition) is 8. The summed E-state index contributed by atoms with van der Waals surface area (Å²) in [4.78, 5) is 10.3. The highest BCUT2D eigenvalue weighted by Gasteiger charge is 2.30. The van der Waals surface area contributed by atoms with Gasteiger partial charge in [0.25, 0.3) is 5.69 Å². The Morgan fingerprint density at radius 1 is 1.21 bits per heavy atom. The molecule has 1 saturated heterocycles. The molecule has 1 fully saturated rings. The van der Waals surface area contributed by atoms with Crippen LogP contribution >= 0.6 is 0 Å². The Morgan fingerprint density at radius 2 is 1.90 bits per heavy atom. The molecule has 2 aromatic rings. The van der Waals surface area contributed by atoms with E-state index in [1.54, 1.807) is 31.4 Å². The monoisotopic (exact) mass is 420 g/mol. The fourth-order valence-electron chi connectivity index (χ4n) is 2.72. The predicted molar refractivity (Wildman–Crippen MR) is 107 cm³/mol. The lowest BCUT2D eigenvalue weighted by Crippen LogP contribution is -2.40. The van der Waals surface area contributed by atoms with E-state index in [1.807, 2.05) is 0 Å². The number of non-ortho nitro benzene ring substituents is 1. The minimum atomic E-state index is -3.96. The average molecular weight is 420 g/mol. The van der Waals surface area contributed by atoms with E-state index in [9.17, 15) is 18.5 Å². The highest BCUT2D eigenvalue weighted by atomic mass is 32.2. The van der Waals surface area contributed by atoms with Crippen LogP contribution in [0.5, 0.6) is 5.75 Å². The Morgan fingerprint density at radius 3 is 2.52 bits per heavy atom. The molecule has 1 aliphatic rings. The van der Waals surface area contributed by atoms with Gasteiger partial charge in [0, 0.05) is 25.2 Å². The molecule has 154 valence electrons. The van der Waals surface area contributed by atoms with Crippen LogP contribution in [0, 0.1) is 10.1 Å². The number of sulfonamides is 1. The number of ether oxygens (including phenoxy) is 2. The van der Waals surface area contributed by atoms with Crippen molar-refractivity contribution in [1.29, 1.82) is 0 Å². The van der Waals surface area contributed by atoms with Gasteiger partial charge in [0.05, 0.1) is 37.1 Å². The quantitative estimate of drug-likeness (QED) is 0.413. The van der Waals surface area contributed by atoms with Gasteiger partial charge in [0.2, 0.25) is 10.0 Å². The standard InChI is InChI=1S/C18H20N4O6S/c1-27-16-5-2-14(3-6-16)13-19-20-17-7-4-15(22(23)24)12-18(17)29(25,26)21-8-10-28-11-9-21/h2-7,12-13,20H,8-11H2,1H3/b19-13+. The third-order valence-corrected chi connectivity index (χ3v) is 6.22. The van der Waals surface area contributed by atoms with Crippen molar-refractivity contribution in [3.63, 3.8) is 0 Å². The number of morpholine rings is 1. The van der Waals surface area contributed by atoms with Crippen LogP contribution in [-0.4, -0.2) is 57.3 Å². The molecule has 3 rings (SSSR count). The molecule has 2 aromatic carbocycles. The van der Waals surface area contributed by atoms with Gasteiger partial charge in [-0.1, -0.05) is 0 Å². The molecule has 10 nitrogen and oxygen atoms in total. The maximum atomic E-state index is 13.0. The number of nitrogens with one attached hydrogen (secondary N) is 1. The molecule has 29 heavy (non-hydrogen) atoms. The highest BCUT2D eigenvalue weighted by Crippen LogP contribution is 2.29. The van der Waals surface area contributed by atoms with Crippen LogP contribution in [0.25, 0.3) is 0 Å². The summed E-state index contributed by atoms with van der Waals surface area (Å²) in [6, 6.07) is 10.7. The van der Waals surface area contributed by atoms with Gasteiger partial charge in [-0.05, 0) is 35.9 Å². The van der Waals surface area contributed by atoms with E-state index < -0.39 is 14.9 Å². The van der Waals surface area contributed by atoms with Gasteiger partial charge < -0.3 is 9.47 Å². The van der Waals surface area contributed by atoms with Crippen molar-refractivity contribution in [1.82, 2.24) is 4.31 Å². The molecule has 0 aliphatic carbocycles. The Balaban J connectivity index is 1.89. The smallest absolute Gasteiger partial charge is 0.270 e. The number of nitrogens with zero attached hydrogens (tertiary/aromatic N) is 3. The largest absolute Gasteiger partial charge is 0.497 e. The predicted octanol–water partition coefficient (Wildman–Crippen LogP) is 2.07. The van der Waals surface area contributed by atoms with Crippen molar-refractivity contribution in [3.05, 3.63) is 58.1 Å². The van der Waals surface area contributed by atoms with Crippen molar-refractivity contribution in [2.45, 2.75) is 4.90 Å². The molecular formula is C18H20N4O6S. The summed E-state index contributed by atoms with van der Waals surface area (Å²) in [6.45, 7) is 0.901. The van der Waals surface area contributed by atoms with Crippen molar-refractivity contribution in [2.24, 2.45) is 5.10 Å². The Bertz CT molecular complexity index is 1000. The molecule has 0 bridgehead atoms. The first-order chi connectivity index (χ1) is 13.9. The summed E-state index contributed by atoms with van der Waals surface area (Å²) in [6.07, 6.45) is 1.51. The summed E-state index contributed by atoms with van der Waals surface area (Å²) in [5, 5.41) is 15.2. The molecule has 1 N–H and O–H groups in total. The lowest BCUT2D eigenvalue weighted by Gasteiger charge is -2.26. The van der Waals surface area contributed by atoms with Crippen molar-refractivity contribution < 1.29 is 22.8 Å². The first-order valence-corrected chi connectivity index (χ1v) is 10.2. The van der Waals surface area contributed by atoms with Gasteiger partial charge in [-0.2, -0.15) is 9.41 Å². The number of nitro groups is 1. The first kappa shape index (κ1) is 20.7. The van der Waals surface area contributed by atoms with Gasteiger partial charge in [0.15, 0.2) is 0 Å². The van der Waals surface area contributed by atoms with E-state index in [0.29, 0.717) is 5.75 Å². The second kappa shape index (κ2) is 8.99. The number of hydrogen-bond donors (Lipinski definition) is 1. The summed E-state index contributed by atoms with van der Waals surface area (Å²) >= 11 is 0. The lowest BCUT2D eigenvalue weighted by atomic mass is 10.2. The number of benzene rings is 2. The van der Waals surface area contributed by atoms with Gasteiger partial charge in [-0.15, -0.1) is 0 Å². The van der Waals surface area contributed by atoms with Crippen LogP contribution in [0.1, 0.15) is 5.56 Å². The van der Waals surface area contributed by atoms with Gasteiger partial charge in [0.1, 0.15) is 10.6 Å². The van der Waals surface area contributed by atoms with Crippen molar-refractivity contribution in [3.8, 4) is 5.75 Å². The normalized spacial score (nSPS) is 15.3. The van der Waals surface area contributed by atoms with Crippen LogP contribution in [0.3, 0.4) is 0 Å². The van der Waals surface area contributed by atoms with Gasteiger partial charge in [-0.25, -0.2) is 8.42 Å². The van der Waals surface area contributed by atoms with Gasteiger partial charge >= 0.3 is 0 Å². The maximum Gasteiger partial charge on any atom is 0.270 e. The first-order valence-electron chi connectivity index (χ1n) is 8.71. The number of methoxy groups -OCH3 is 1. The zero-order valence-electron chi connectivity index (χ0n) is 15.6. The van der Waals surface area contributed by atoms with Crippen LogP contribution in [-0.2, 0) is 14.8 Å². The minimum absolute atomic E-state index is 0.145. The van der Waals surface area contributed by atoms with E-state index in [0.717, 1.165) is 11.6 Å². The minimum Gasteiger partial charge on any atom is -0.497 e. The molecule has 0 saturated carbocycles. The number of nitro benzene ring substituents is 1. The fraction of sp³-hybridized carbons (Fsp3) is 0.278. The van der Waals surface area contributed by atoms with E-state index in [1.165, 1.54) is 22.7 Å². The number of hydrazone groups is 1. The molecule has 0 aromatic heterocycles. The van der Waals surface area contributed by atoms with E-state index >= 15 is 0 Å². The number of rotatable bonds is 7. The fourth-order valence-corrected chi connectivity index (χ4v) is 4.29. The molecule has 11 heteroatoms. The second-order valence-corrected chi connectivity index (χ2v) is 8.00. The topological polar surface area (TPSA) is 123 Å². The molecular weight excluding hydrogens is 400 g/mol. The molecule has 0 spiro atoms. The van der Waals surface area contributed by atoms with Crippen molar-refractivity contribution in [2.75, 3.05) is 38.8 Å². The summed E-state index contributed by atoms with van der Waals surface area (Å²) in [5.41, 5.74) is 3.27. The summed E-state index contributed by atoms with van der Waals surface area (Å²) < 4.78 is 37.6. The Labute approximate surface area is 167 Å². The zero-order chi connectivity index (χ0) is 20.9. The summed E-state index contributed by atoms with van der Waals surface area (Å²) in [5.74, 6) is 0.698. The summed E-state index contributed by atoms with van der Waals surface area (Å²) in [7, 11) is -2.39. The van der Waals surface area contributed by atoms with E-state index in [4.69, 9.17) is 9.47 Å². The maximum absolute atomic E-state index is 13.0. The van der Waals surface area contributed by atoms with Gasteiger partial charge in [-0.3, -0.25) is 15.5 Å². The number of anilines is 1. The molecule has 1 aliphatic heterocycles. The molecule has 0 unspecified atom stereocenters. The Kier molecular flexibility index (Phi) is 6.42. The van der Waals surface area contributed by atoms with E-state index in [2.05, 4.69) is 10.5 Å². The van der Waals surface area contributed by atoms with Crippen LogP contribution < -0.4 is 10.2 Å². The SMILES string of the molecule is COc1ccc(/C=N/Nc2ccc([N+](=O)[O-])cc2S(=O)(=O)N2CCOCC2)cc1. The average Bonchev–Trinajstić information content (AvgIpc) is 2.75. The third-order valence-electron chi connectivity index (χ3n) is 4.28. The Hall–Kier alpha value is -3.02.